The van der Waals surface area contributed by atoms with Crippen molar-refractivity contribution < 1.29 is 46.1 Å². The van der Waals surface area contributed by atoms with E-state index in [9.17, 15) is 26.3 Å². The number of nitrogens with zero attached hydrogens (tertiary/aromatic N) is 6. The van der Waals surface area contributed by atoms with Crippen LogP contribution in [0.5, 0.6) is 0 Å². The molecule has 4 heterocycles. The van der Waals surface area contributed by atoms with Crippen molar-refractivity contribution in [2.75, 3.05) is 31.1 Å². The summed E-state index contributed by atoms with van der Waals surface area (Å²) in [5.74, 6) is -4.40. The maximum Gasteiger partial charge on any atom is 0.490 e. The van der Waals surface area contributed by atoms with Crippen LogP contribution in [0.4, 0.5) is 32.2 Å². The van der Waals surface area contributed by atoms with Crippen molar-refractivity contribution in [3.63, 3.8) is 0 Å². The molecule has 11 nitrogen and oxygen atoms in total. The Labute approximate surface area is 241 Å². The summed E-state index contributed by atoms with van der Waals surface area (Å²) >= 11 is 0. The van der Waals surface area contributed by atoms with Crippen LogP contribution in [-0.4, -0.2) is 91.6 Å². The minimum atomic E-state index is -5.08. The standard InChI is InChI=1S/C22H29N7.2C2HF3O2/c1-16-12-17-4-2-3-5-21(17)24-22(16)28-10-7-20(8-11-28)29-15-19(25-26-29)14-27-9-6-18(23)13-27;2*3-2(4,5)1(6)7/h2-5,12,15,18,20H,6-11,13-14,23H2,1H3;2*(H,6,7)/t18-;;/m1../s1. The zero-order valence-electron chi connectivity index (χ0n) is 23.0. The number of benzene rings is 1. The van der Waals surface area contributed by atoms with Crippen LogP contribution in [0.1, 0.15) is 36.6 Å². The number of aryl methyl sites for hydroxylation is 1. The monoisotopic (exact) mass is 619 g/mol. The van der Waals surface area contributed by atoms with Crippen molar-refractivity contribution in [2.24, 2.45) is 5.73 Å². The van der Waals surface area contributed by atoms with Crippen LogP contribution in [0.15, 0.2) is 36.5 Å². The van der Waals surface area contributed by atoms with E-state index in [1.807, 2.05) is 0 Å². The topological polar surface area (TPSA) is 151 Å². The number of likely N-dealkylation sites (tertiary alicyclic amines) is 1. The first-order valence-corrected chi connectivity index (χ1v) is 13.1. The highest BCUT2D eigenvalue weighted by molar-refractivity contribution is 5.81. The second-order valence-corrected chi connectivity index (χ2v) is 10.1. The van der Waals surface area contributed by atoms with Gasteiger partial charge < -0.3 is 20.8 Å². The Kier molecular flexibility index (Phi) is 10.9. The molecule has 4 N–H and O–H groups in total. The van der Waals surface area contributed by atoms with Crippen molar-refractivity contribution in [3.8, 4) is 0 Å². The number of pyridine rings is 1. The molecule has 2 aromatic heterocycles. The Morgan fingerprint density at radius 1 is 0.977 bits per heavy atom. The van der Waals surface area contributed by atoms with Gasteiger partial charge in [-0.2, -0.15) is 26.3 Å². The van der Waals surface area contributed by atoms with Crippen molar-refractivity contribution in [1.29, 1.82) is 0 Å². The highest BCUT2D eigenvalue weighted by atomic mass is 19.4. The van der Waals surface area contributed by atoms with E-state index in [2.05, 4.69) is 68.2 Å². The summed E-state index contributed by atoms with van der Waals surface area (Å²) in [5, 5.41) is 24.3. The Morgan fingerprint density at radius 2 is 1.56 bits per heavy atom. The number of halogens is 6. The summed E-state index contributed by atoms with van der Waals surface area (Å²) in [4.78, 5) is 27.5. The largest absolute Gasteiger partial charge is 0.490 e. The van der Waals surface area contributed by atoms with E-state index in [1.54, 1.807) is 0 Å². The van der Waals surface area contributed by atoms with Gasteiger partial charge in [0.1, 0.15) is 5.82 Å². The minimum Gasteiger partial charge on any atom is -0.475 e. The lowest BCUT2D eigenvalue weighted by Crippen LogP contribution is -2.35. The molecule has 0 radical (unpaired) electrons. The van der Waals surface area contributed by atoms with E-state index >= 15 is 0 Å². The van der Waals surface area contributed by atoms with Crippen molar-refractivity contribution >= 4 is 28.7 Å². The maximum absolute atomic E-state index is 10.6. The van der Waals surface area contributed by atoms with Crippen LogP contribution in [0.25, 0.3) is 10.9 Å². The number of carbonyl (C=O) groups is 2. The van der Waals surface area contributed by atoms with Crippen molar-refractivity contribution in [2.45, 2.75) is 57.2 Å². The molecular weight excluding hydrogens is 588 g/mol. The fourth-order valence-electron chi connectivity index (χ4n) is 4.67. The summed E-state index contributed by atoms with van der Waals surface area (Å²) in [7, 11) is 0. The van der Waals surface area contributed by atoms with Gasteiger partial charge in [0, 0.05) is 44.2 Å². The molecule has 5 rings (SSSR count). The fourth-order valence-corrected chi connectivity index (χ4v) is 4.67. The molecule has 43 heavy (non-hydrogen) atoms. The quantitative estimate of drug-likeness (QED) is 0.368. The van der Waals surface area contributed by atoms with Gasteiger partial charge >= 0.3 is 24.3 Å². The van der Waals surface area contributed by atoms with Gasteiger partial charge in [-0.15, -0.1) is 5.10 Å². The highest BCUT2D eigenvalue weighted by Gasteiger charge is 2.39. The lowest BCUT2D eigenvalue weighted by Gasteiger charge is -2.33. The van der Waals surface area contributed by atoms with Crippen LogP contribution in [0.2, 0.25) is 0 Å². The first-order chi connectivity index (χ1) is 20.0. The molecule has 3 aromatic rings. The molecule has 2 fully saturated rings. The summed E-state index contributed by atoms with van der Waals surface area (Å²) in [6.07, 6.45) is -4.84. The van der Waals surface area contributed by atoms with E-state index in [0.29, 0.717) is 12.1 Å². The molecule has 0 spiro atoms. The van der Waals surface area contributed by atoms with E-state index in [-0.39, 0.29) is 0 Å². The van der Waals surface area contributed by atoms with E-state index in [1.165, 1.54) is 10.9 Å². The van der Waals surface area contributed by atoms with Crippen LogP contribution in [0.3, 0.4) is 0 Å². The third-order valence-electron chi connectivity index (χ3n) is 6.76. The number of fused-ring (bicyclic) bond motifs is 1. The van der Waals surface area contributed by atoms with E-state index < -0.39 is 24.3 Å². The summed E-state index contributed by atoms with van der Waals surface area (Å²) in [6.45, 7) is 7.02. The predicted octanol–water partition coefficient (Wildman–Crippen LogP) is 3.78. The highest BCUT2D eigenvalue weighted by Crippen LogP contribution is 2.29. The molecule has 0 aliphatic carbocycles. The number of nitrogens with two attached hydrogens (primary N) is 1. The van der Waals surface area contributed by atoms with Gasteiger partial charge in [-0.3, -0.25) is 4.90 Å². The number of rotatable bonds is 4. The lowest BCUT2D eigenvalue weighted by molar-refractivity contribution is -0.193. The van der Waals surface area contributed by atoms with Gasteiger partial charge in [0.2, 0.25) is 0 Å². The van der Waals surface area contributed by atoms with Gasteiger partial charge in [0.15, 0.2) is 0 Å². The number of para-hydroxylation sites is 1. The summed E-state index contributed by atoms with van der Waals surface area (Å²) in [5.41, 5.74) is 9.37. The molecule has 0 bridgehead atoms. The molecule has 2 aliphatic rings. The molecule has 1 aromatic carbocycles. The van der Waals surface area contributed by atoms with E-state index in [0.717, 1.165) is 69.0 Å². The predicted molar refractivity (Wildman–Crippen MR) is 142 cm³/mol. The minimum absolute atomic E-state index is 0.307. The molecule has 236 valence electrons. The normalized spacial score (nSPS) is 18.0. The van der Waals surface area contributed by atoms with E-state index in [4.69, 9.17) is 30.5 Å². The number of hydrogen-bond acceptors (Lipinski definition) is 8. The smallest absolute Gasteiger partial charge is 0.475 e. The number of alkyl halides is 6. The molecule has 0 unspecified atom stereocenters. The third-order valence-corrected chi connectivity index (χ3v) is 6.76. The van der Waals surface area contributed by atoms with Gasteiger partial charge in [0.25, 0.3) is 0 Å². The second kappa shape index (κ2) is 14.0. The van der Waals surface area contributed by atoms with Crippen LogP contribution in [0, 0.1) is 6.92 Å². The molecule has 1 atom stereocenters. The Morgan fingerprint density at radius 3 is 2.09 bits per heavy atom. The van der Waals surface area contributed by atoms with Gasteiger partial charge in [-0.05, 0) is 43.9 Å². The summed E-state index contributed by atoms with van der Waals surface area (Å²) in [6, 6.07) is 11.3. The number of carboxylic acids is 2. The molecule has 0 saturated carbocycles. The molecule has 2 aliphatic heterocycles. The number of anilines is 1. The first kappa shape index (κ1) is 33.5. The zero-order valence-corrected chi connectivity index (χ0v) is 23.0. The van der Waals surface area contributed by atoms with Gasteiger partial charge in [-0.25, -0.2) is 19.3 Å². The molecular formula is C26H31F6N7O4. The van der Waals surface area contributed by atoms with Crippen molar-refractivity contribution in [1.82, 2.24) is 24.9 Å². The second-order valence-electron chi connectivity index (χ2n) is 10.1. The van der Waals surface area contributed by atoms with Crippen LogP contribution in [-0.2, 0) is 16.1 Å². The first-order valence-electron chi connectivity index (χ1n) is 13.1. The fraction of sp³-hybridized carbons (Fsp3) is 0.500. The average Bonchev–Trinajstić information content (AvgIpc) is 3.57. The number of aliphatic carboxylic acids is 2. The Balaban J connectivity index is 0.000000303. The number of carboxylic acid groups (broad SMARTS) is 2. The average molecular weight is 620 g/mol. The third kappa shape index (κ3) is 9.77. The zero-order chi connectivity index (χ0) is 31.9. The number of hydrogen-bond donors (Lipinski definition) is 3. The SMILES string of the molecule is Cc1cc2ccccc2nc1N1CCC(n2cc(CN3CC[C@@H](N)C3)nn2)CC1.O=C(O)C(F)(F)F.O=C(O)C(F)(F)F. The molecule has 17 heteroatoms. The molecule has 0 amide bonds. The number of aromatic nitrogens is 4. The van der Waals surface area contributed by atoms with Gasteiger partial charge in [-0.1, -0.05) is 23.4 Å². The van der Waals surface area contributed by atoms with Crippen LogP contribution >= 0.6 is 0 Å². The molecule has 2 saturated heterocycles. The lowest BCUT2D eigenvalue weighted by atomic mass is 10.0. The van der Waals surface area contributed by atoms with Crippen LogP contribution < -0.4 is 10.6 Å². The maximum atomic E-state index is 10.6. The number of piperidine rings is 1. The Bertz CT molecular complexity index is 1370. The summed E-state index contributed by atoms with van der Waals surface area (Å²) < 4.78 is 65.5. The Hall–Kier alpha value is -3.99. The van der Waals surface area contributed by atoms with Gasteiger partial charge in [0.05, 0.1) is 23.4 Å². The van der Waals surface area contributed by atoms with Crippen molar-refractivity contribution in [3.05, 3.63) is 47.8 Å².